The van der Waals surface area contributed by atoms with E-state index in [9.17, 15) is 0 Å². The number of ether oxygens (including phenoxy) is 1. The van der Waals surface area contributed by atoms with Crippen molar-refractivity contribution in [2.24, 2.45) is 0 Å². The molecule has 0 spiro atoms. The van der Waals surface area contributed by atoms with E-state index in [2.05, 4.69) is 40.6 Å². The molecule has 0 aliphatic carbocycles. The van der Waals surface area contributed by atoms with Crippen molar-refractivity contribution in [2.75, 3.05) is 32.0 Å². The van der Waals surface area contributed by atoms with Crippen LogP contribution < -0.4 is 11.1 Å². The summed E-state index contributed by atoms with van der Waals surface area (Å²) < 4.78 is 5.36. The van der Waals surface area contributed by atoms with Crippen molar-refractivity contribution < 1.29 is 4.74 Å². The van der Waals surface area contributed by atoms with Gasteiger partial charge >= 0.3 is 0 Å². The summed E-state index contributed by atoms with van der Waals surface area (Å²) in [4.78, 5) is 4.73. The van der Waals surface area contributed by atoms with Crippen molar-refractivity contribution in [2.45, 2.75) is 26.7 Å². The molecule has 2 heterocycles. The van der Waals surface area contributed by atoms with Gasteiger partial charge in [-0.25, -0.2) is 4.98 Å². The normalized spacial score (nSPS) is 11.3. The Morgan fingerprint density at radius 3 is 2.88 bits per heavy atom. The zero-order valence-electron chi connectivity index (χ0n) is 15.5. The number of nitrogen functional groups attached to an aromatic ring is 1. The lowest BCUT2D eigenvalue weighted by atomic mass is 10.0. The van der Waals surface area contributed by atoms with Crippen LogP contribution in [0.25, 0.3) is 22.3 Å². The third kappa shape index (κ3) is 4.20. The van der Waals surface area contributed by atoms with Gasteiger partial charge in [0, 0.05) is 18.8 Å². The van der Waals surface area contributed by atoms with Crippen molar-refractivity contribution in [3.05, 3.63) is 41.5 Å². The van der Waals surface area contributed by atoms with Crippen molar-refractivity contribution in [3.8, 4) is 11.3 Å². The van der Waals surface area contributed by atoms with Crippen LogP contribution in [0.3, 0.4) is 0 Å². The summed E-state index contributed by atoms with van der Waals surface area (Å²) in [6.45, 7) is 7.51. The molecule has 0 fully saturated rings. The van der Waals surface area contributed by atoms with E-state index in [1.807, 2.05) is 19.1 Å². The van der Waals surface area contributed by atoms with Gasteiger partial charge in [-0.05, 0) is 57.0 Å². The molecule has 6 nitrogen and oxygen atoms in total. The highest BCUT2D eigenvalue weighted by Gasteiger charge is 2.13. The fourth-order valence-electron chi connectivity index (χ4n) is 3.12. The number of hydrogen-bond acceptors (Lipinski definition) is 5. The lowest BCUT2D eigenvalue weighted by molar-refractivity contribution is 0.145. The van der Waals surface area contributed by atoms with Crippen LogP contribution in [0.5, 0.6) is 0 Å². The Hall–Kier alpha value is -2.44. The van der Waals surface area contributed by atoms with Crippen molar-refractivity contribution in [1.29, 1.82) is 0 Å². The molecule has 0 bridgehead atoms. The van der Waals surface area contributed by atoms with Crippen LogP contribution in [0.15, 0.2) is 30.3 Å². The molecule has 3 aromatic rings. The summed E-state index contributed by atoms with van der Waals surface area (Å²) in [5.74, 6) is 0.509. The number of nitrogens with two attached hydrogens (primary N) is 1. The third-order valence-electron chi connectivity index (χ3n) is 4.48. The van der Waals surface area contributed by atoms with E-state index in [-0.39, 0.29) is 0 Å². The summed E-state index contributed by atoms with van der Waals surface area (Å²) >= 11 is 0. The van der Waals surface area contributed by atoms with Gasteiger partial charge in [0.2, 0.25) is 0 Å². The molecular formula is C20H27N5O. The molecule has 0 atom stereocenters. The van der Waals surface area contributed by atoms with Crippen LogP contribution in [0.1, 0.15) is 24.5 Å². The van der Waals surface area contributed by atoms with E-state index >= 15 is 0 Å². The van der Waals surface area contributed by atoms with Crippen LogP contribution in [-0.4, -0.2) is 41.5 Å². The number of rotatable bonds is 9. The Bertz CT molecular complexity index is 859. The lowest BCUT2D eigenvalue weighted by Gasteiger charge is -2.10. The number of aromatic amines is 1. The average molecular weight is 353 g/mol. The Labute approximate surface area is 154 Å². The van der Waals surface area contributed by atoms with E-state index < -0.39 is 0 Å². The Balaban J connectivity index is 1.77. The molecule has 0 saturated heterocycles. The molecule has 26 heavy (non-hydrogen) atoms. The summed E-state index contributed by atoms with van der Waals surface area (Å²) in [5, 5.41) is 11.5. The van der Waals surface area contributed by atoms with Gasteiger partial charge in [-0.1, -0.05) is 24.3 Å². The SMILES string of the molecule is CCOCCCNCCc1cc(-c2ccccc2C)nc2[nH]nc(N)c12. The molecule has 3 rings (SSSR count). The van der Waals surface area contributed by atoms with Crippen LogP contribution in [0, 0.1) is 6.92 Å². The minimum atomic E-state index is 0.509. The van der Waals surface area contributed by atoms with Gasteiger partial charge in [0.05, 0.1) is 11.1 Å². The lowest BCUT2D eigenvalue weighted by Crippen LogP contribution is -2.20. The number of hydrogen-bond donors (Lipinski definition) is 3. The van der Waals surface area contributed by atoms with E-state index in [1.165, 1.54) is 5.56 Å². The molecule has 1 aromatic carbocycles. The van der Waals surface area contributed by atoms with Crippen LogP contribution in [0.2, 0.25) is 0 Å². The smallest absolute Gasteiger partial charge is 0.158 e. The number of aryl methyl sites for hydroxylation is 1. The van der Waals surface area contributed by atoms with Gasteiger partial charge in [0.25, 0.3) is 0 Å². The number of benzene rings is 1. The van der Waals surface area contributed by atoms with Crippen molar-refractivity contribution in [1.82, 2.24) is 20.5 Å². The molecule has 0 aliphatic rings. The molecule has 0 unspecified atom stereocenters. The fraction of sp³-hybridized carbons (Fsp3) is 0.400. The maximum Gasteiger partial charge on any atom is 0.158 e. The summed E-state index contributed by atoms with van der Waals surface area (Å²) in [7, 11) is 0. The number of H-pyrrole nitrogens is 1. The minimum absolute atomic E-state index is 0.509. The number of aromatic nitrogens is 3. The Morgan fingerprint density at radius 1 is 1.23 bits per heavy atom. The molecule has 0 radical (unpaired) electrons. The standard InChI is InChI=1S/C20H27N5O/c1-3-26-12-6-10-22-11-9-15-13-17(16-8-5-4-7-14(16)2)23-20-18(15)19(21)24-25-20/h4-5,7-8,13,22H,3,6,9-12H2,1-2H3,(H3,21,23,24,25). The summed E-state index contributed by atoms with van der Waals surface area (Å²) in [5.41, 5.74) is 11.3. The van der Waals surface area contributed by atoms with Gasteiger partial charge < -0.3 is 15.8 Å². The van der Waals surface area contributed by atoms with Gasteiger partial charge in [-0.15, -0.1) is 0 Å². The van der Waals surface area contributed by atoms with Gasteiger partial charge in [0.1, 0.15) is 0 Å². The molecule has 2 aromatic heterocycles. The number of nitrogens with one attached hydrogen (secondary N) is 2. The number of nitrogens with zero attached hydrogens (tertiary/aromatic N) is 2. The highest BCUT2D eigenvalue weighted by molar-refractivity contribution is 5.91. The first kappa shape index (κ1) is 18.4. The second-order valence-electron chi connectivity index (χ2n) is 6.36. The van der Waals surface area contributed by atoms with E-state index in [1.54, 1.807) is 0 Å². The Kier molecular flexibility index (Phi) is 6.20. The fourth-order valence-corrected chi connectivity index (χ4v) is 3.12. The minimum Gasteiger partial charge on any atom is -0.382 e. The number of anilines is 1. The highest BCUT2D eigenvalue weighted by atomic mass is 16.5. The van der Waals surface area contributed by atoms with E-state index in [4.69, 9.17) is 15.5 Å². The first-order valence-electron chi connectivity index (χ1n) is 9.18. The Morgan fingerprint density at radius 2 is 2.08 bits per heavy atom. The molecule has 138 valence electrons. The molecule has 0 amide bonds. The predicted molar refractivity (Wildman–Crippen MR) is 106 cm³/mol. The molecular weight excluding hydrogens is 326 g/mol. The predicted octanol–water partition coefficient (Wildman–Crippen LogP) is 3.07. The first-order valence-corrected chi connectivity index (χ1v) is 9.18. The van der Waals surface area contributed by atoms with Crippen molar-refractivity contribution in [3.63, 3.8) is 0 Å². The van der Waals surface area contributed by atoms with E-state index in [0.29, 0.717) is 5.82 Å². The van der Waals surface area contributed by atoms with Gasteiger partial charge in [-0.2, -0.15) is 5.10 Å². The number of pyridine rings is 1. The molecule has 0 aliphatic heterocycles. The maximum atomic E-state index is 6.06. The quantitative estimate of drug-likeness (QED) is 0.515. The second kappa shape index (κ2) is 8.78. The first-order chi connectivity index (χ1) is 12.7. The van der Waals surface area contributed by atoms with Gasteiger partial charge in [-0.3, -0.25) is 5.10 Å². The zero-order chi connectivity index (χ0) is 18.4. The van der Waals surface area contributed by atoms with Crippen LogP contribution in [-0.2, 0) is 11.2 Å². The number of fused-ring (bicyclic) bond motifs is 1. The van der Waals surface area contributed by atoms with Crippen LogP contribution in [0.4, 0.5) is 5.82 Å². The largest absolute Gasteiger partial charge is 0.382 e. The van der Waals surface area contributed by atoms with Gasteiger partial charge in [0.15, 0.2) is 11.5 Å². The second-order valence-corrected chi connectivity index (χ2v) is 6.36. The maximum absolute atomic E-state index is 6.06. The zero-order valence-corrected chi connectivity index (χ0v) is 15.5. The molecule has 4 N–H and O–H groups in total. The summed E-state index contributed by atoms with van der Waals surface area (Å²) in [6.07, 6.45) is 1.89. The third-order valence-corrected chi connectivity index (χ3v) is 4.48. The average Bonchev–Trinajstić information content (AvgIpc) is 3.02. The van der Waals surface area contributed by atoms with Crippen molar-refractivity contribution >= 4 is 16.9 Å². The molecule has 0 saturated carbocycles. The van der Waals surface area contributed by atoms with Crippen LogP contribution >= 0.6 is 0 Å². The van der Waals surface area contributed by atoms with E-state index in [0.717, 1.165) is 67.0 Å². The highest BCUT2D eigenvalue weighted by Crippen LogP contribution is 2.28. The topological polar surface area (TPSA) is 88.8 Å². The molecule has 6 heteroatoms. The monoisotopic (exact) mass is 353 g/mol. The summed E-state index contributed by atoms with van der Waals surface area (Å²) in [6, 6.07) is 10.4.